The van der Waals surface area contributed by atoms with Crippen molar-refractivity contribution in [3.63, 3.8) is 0 Å². The van der Waals surface area contributed by atoms with E-state index in [1.807, 2.05) is 18.2 Å². The molecule has 1 aromatic heterocycles. The van der Waals surface area contributed by atoms with Gasteiger partial charge in [-0.05, 0) is 43.0 Å². The van der Waals surface area contributed by atoms with E-state index in [4.69, 9.17) is 4.18 Å². The number of hydrogen-bond acceptors (Lipinski definition) is 5. The van der Waals surface area contributed by atoms with Crippen molar-refractivity contribution < 1.29 is 12.6 Å². The number of nitrogens with zero attached hydrogens (tertiary/aromatic N) is 2. The number of para-hydroxylation sites is 1. The van der Waals surface area contributed by atoms with Crippen LogP contribution < -0.4 is 0 Å². The number of aromatic amines is 1. The van der Waals surface area contributed by atoms with Crippen LogP contribution in [0.25, 0.3) is 11.0 Å². The molecule has 0 aliphatic rings. The molecule has 121 valence electrons. The van der Waals surface area contributed by atoms with Gasteiger partial charge in [-0.2, -0.15) is 23.8 Å². The van der Waals surface area contributed by atoms with Crippen LogP contribution in [0.2, 0.25) is 0 Å². The molecule has 1 radical (unpaired) electrons. The number of rotatable bonds is 7. The summed E-state index contributed by atoms with van der Waals surface area (Å²) < 4.78 is 29.0. The molecule has 0 bridgehead atoms. The largest absolute Gasteiger partial charge is 0.296 e. The van der Waals surface area contributed by atoms with E-state index in [1.165, 1.54) is 12.1 Å². The number of unbranched alkanes of at least 4 members (excludes halogenated alkanes) is 1. The molecule has 2 aromatic carbocycles. The molecule has 0 spiro atoms. The zero-order valence-electron chi connectivity index (χ0n) is 13.5. The molecule has 0 saturated carbocycles. The molecule has 0 atom stereocenters. The number of benzene rings is 2. The van der Waals surface area contributed by atoms with Crippen LogP contribution >= 0.6 is 0 Å². The van der Waals surface area contributed by atoms with Gasteiger partial charge in [-0.15, -0.1) is 0 Å². The van der Waals surface area contributed by atoms with E-state index in [1.54, 1.807) is 18.2 Å². The van der Waals surface area contributed by atoms with Crippen LogP contribution in [-0.4, -0.2) is 60.0 Å². The van der Waals surface area contributed by atoms with Gasteiger partial charge in [0.1, 0.15) is 11.0 Å². The average Bonchev–Trinajstić information content (AvgIpc) is 3.05. The summed E-state index contributed by atoms with van der Waals surface area (Å²) in [5.41, 5.74) is 2.80. The van der Waals surface area contributed by atoms with Gasteiger partial charge >= 0.3 is 0 Å². The van der Waals surface area contributed by atoms with Crippen LogP contribution in [0.1, 0.15) is 18.4 Å². The minimum Gasteiger partial charge on any atom is -0.266 e. The Hall–Kier alpha value is -1.25. The predicted octanol–water partition coefficient (Wildman–Crippen LogP) is 2.31. The maximum atomic E-state index is 12.0. The predicted molar refractivity (Wildman–Crippen MR) is 92.2 cm³/mol. The van der Waals surface area contributed by atoms with E-state index in [-0.39, 0.29) is 41.1 Å². The summed E-state index contributed by atoms with van der Waals surface area (Å²) >= 11 is 0. The molecule has 6 nitrogen and oxygen atoms in total. The van der Waals surface area contributed by atoms with Crippen LogP contribution in [0, 0.1) is 0 Å². The topological polar surface area (TPSA) is 84.9 Å². The second-order valence-corrected chi connectivity index (χ2v) is 6.77. The molecule has 0 aliphatic carbocycles. The Morgan fingerprint density at radius 1 is 0.958 bits per heavy atom. The fourth-order valence-corrected chi connectivity index (χ4v) is 3.33. The standard InChI is InChI=1S/C16H17N3O3S.Na/c20-23(21,14-9-2-1-3-10-14)22-12-5-4-7-13-8-6-11-15-16(13)18-19-17-15;/h1-3,6,8-11H,4-5,7,12H2,(H,17,18,19);. The Morgan fingerprint density at radius 3 is 2.54 bits per heavy atom. The summed E-state index contributed by atoms with van der Waals surface area (Å²) in [5, 5.41) is 10.8. The summed E-state index contributed by atoms with van der Waals surface area (Å²) in [6.45, 7) is 0.173. The van der Waals surface area contributed by atoms with Gasteiger partial charge in [-0.1, -0.05) is 30.3 Å². The van der Waals surface area contributed by atoms with Crippen molar-refractivity contribution in [2.24, 2.45) is 0 Å². The van der Waals surface area contributed by atoms with Crippen molar-refractivity contribution in [3.8, 4) is 0 Å². The maximum absolute atomic E-state index is 12.0. The van der Waals surface area contributed by atoms with E-state index >= 15 is 0 Å². The van der Waals surface area contributed by atoms with E-state index in [2.05, 4.69) is 15.4 Å². The molecule has 0 amide bonds. The quantitative estimate of drug-likeness (QED) is 0.400. The first-order valence-electron chi connectivity index (χ1n) is 7.40. The molecule has 0 unspecified atom stereocenters. The minimum absolute atomic E-state index is 0. The fourth-order valence-electron chi connectivity index (χ4n) is 2.37. The van der Waals surface area contributed by atoms with Crippen molar-refractivity contribution in [3.05, 3.63) is 54.1 Å². The third-order valence-corrected chi connectivity index (χ3v) is 4.87. The number of nitrogens with one attached hydrogen (secondary N) is 1. The maximum Gasteiger partial charge on any atom is 0.296 e. The van der Waals surface area contributed by atoms with Crippen LogP contribution in [0.4, 0.5) is 0 Å². The summed E-state index contributed by atoms with van der Waals surface area (Å²) in [7, 11) is -3.66. The van der Waals surface area contributed by atoms with E-state index < -0.39 is 10.1 Å². The van der Waals surface area contributed by atoms with E-state index in [9.17, 15) is 8.42 Å². The van der Waals surface area contributed by atoms with Gasteiger partial charge in [-0.25, -0.2) is 0 Å². The van der Waals surface area contributed by atoms with Gasteiger partial charge in [0, 0.05) is 29.6 Å². The number of aryl methyl sites for hydroxylation is 1. The number of hydrogen-bond donors (Lipinski definition) is 1. The number of aromatic nitrogens is 3. The average molecular weight is 354 g/mol. The van der Waals surface area contributed by atoms with Crippen molar-refractivity contribution in [1.82, 2.24) is 15.4 Å². The van der Waals surface area contributed by atoms with Crippen molar-refractivity contribution >= 4 is 50.7 Å². The molecule has 0 aliphatic heterocycles. The first-order chi connectivity index (χ1) is 11.2. The van der Waals surface area contributed by atoms with Gasteiger partial charge < -0.3 is 0 Å². The first kappa shape index (κ1) is 19.1. The monoisotopic (exact) mass is 354 g/mol. The number of H-pyrrole nitrogens is 1. The summed E-state index contributed by atoms with van der Waals surface area (Å²) in [4.78, 5) is 0.187. The molecule has 3 aromatic rings. The van der Waals surface area contributed by atoms with Crippen LogP contribution in [0.15, 0.2) is 53.4 Å². The Morgan fingerprint density at radius 2 is 1.75 bits per heavy atom. The molecule has 8 heteroatoms. The smallest absolute Gasteiger partial charge is 0.266 e. The normalized spacial score (nSPS) is 11.3. The molecule has 0 fully saturated rings. The zero-order chi connectivity index (χ0) is 16.1. The Labute approximate surface area is 163 Å². The summed E-state index contributed by atoms with van der Waals surface area (Å²) in [6.07, 6.45) is 2.27. The Bertz CT molecular complexity index is 882. The zero-order valence-corrected chi connectivity index (χ0v) is 16.3. The molecule has 3 rings (SSSR count). The summed E-state index contributed by atoms with van der Waals surface area (Å²) in [6, 6.07) is 14.0. The third-order valence-electron chi connectivity index (χ3n) is 3.54. The van der Waals surface area contributed by atoms with E-state index in [0.29, 0.717) is 6.42 Å². The van der Waals surface area contributed by atoms with Gasteiger partial charge in [0.05, 0.1) is 11.5 Å². The molecule has 0 saturated heterocycles. The molecule has 1 N–H and O–H groups in total. The van der Waals surface area contributed by atoms with Crippen molar-refractivity contribution in [2.45, 2.75) is 24.2 Å². The number of fused-ring (bicyclic) bond motifs is 1. The van der Waals surface area contributed by atoms with Crippen molar-refractivity contribution in [2.75, 3.05) is 6.61 Å². The third kappa shape index (κ3) is 4.64. The van der Waals surface area contributed by atoms with Gasteiger partial charge in [0.2, 0.25) is 0 Å². The van der Waals surface area contributed by atoms with Crippen LogP contribution in [0.5, 0.6) is 0 Å². The van der Waals surface area contributed by atoms with E-state index in [0.717, 1.165) is 29.4 Å². The molecular formula is C16H17N3NaO3S. The second kappa shape index (κ2) is 8.73. The second-order valence-electron chi connectivity index (χ2n) is 5.15. The molecule has 1 heterocycles. The fraction of sp³-hybridized carbons (Fsp3) is 0.250. The summed E-state index contributed by atoms with van der Waals surface area (Å²) in [5.74, 6) is 0. The van der Waals surface area contributed by atoms with Gasteiger partial charge in [0.25, 0.3) is 10.1 Å². The van der Waals surface area contributed by atoms with Gasteiger partial charge in [0.15, 0.2) is 0 Å². The Balaban J connectivity index is 0.00000208. The first-order valence-corrected chi connectivity index (χ1v) is 8.80. The Kier molecular flexibility index (Phi) is 6.94. The van der Waals surface area contributed by atoms with Crippen LogP contribution in [-0.2, 0) is 20.7 Å². The molecular weight excluding hydrogens is 337 g/mol. The van der Waals surface area contributed by atoms with Gasteiger partial charge in [-0.3, -0.25) is 4.18 Å². The SMILES string of the molecule is O=S(=O)(OCCCCc1cccc2n[nH]nc12)c1ccccc1.[Na]. The minimum atomic E-state index is -3.66. The molecule has 24 heavy (non-hydrogen) atoms. The van der Waals surface area contributed by atoms with Crippen molar-refractivity contribution in [1.29, 1.82) is 0 Å². The van der Waals surface area contributed by atoms with Crippen LogP contribution in [0.3, 0.4) is 0 Å².